The molecule has 1 aromatic carbocycles. The number of sulfonamides is 1. The van der Waals surface area contributed by atoms with Gasteiger partial charge in [-0.25, -0.2) is 17.9 Å². The van der Waals surface area contributed by atoms with Crippen LogP contribution in [0.2, 0.25) is 0 Å². The van der Waals surface area contributed by atoms with Crippen molar-refractivity contribution in [1.82, 2.24) is 14.9 Å². The molecule has 0 atom stereocenters. The molecule has 160 valence electrons. The Morgan fingerprint density at radius 1 is 1.14 bits per heavy atom. The molecule has 1 heterocycles. The Morgan fingerprint density at radius 2 is 1.76 bits per heavy atom. The molecule has 1 aliphatic rings. The third-order valence-electron chi connectivity index (χ3n) is 4.60. The molecule has 0 bridgehead atoms. The topological polar surface area (TPSA) is 122 Å². The minimum absolute atomic E-state index is 0.00283. The molecule has 1 fully saturated rings. The molecule has 1 saturated heterocycles. The molecule has 2 rings (SSSR count). The van der Waals surface area contributed by atoms with Crippen molar-refractivity contribution in [2.75, 3.05) is 26.2 Å². The van der Waals surface area contributed by atoms with Gasteiger partial charge in [0.15, 0.2) is 5.78 Å². The maximum absolute atomic E-state index is 12.3. The average molecular weight is 426 g/mol. The summed E-state index contributed by atoms with van der Waals surface area (Å²) in [6, 6.07) is 5.56. The van der Waals surface area contributed by atoms with Gasteiger partial charge in [0.2, 0.25) is 15.9 Å². The molecule has 2 amide bonds. The third kappa shape index (κ3) is 6.82. The van der Waals surface area contributed by atoms with Gasteiger partial charge in [0, 0.05) is 37.7 Å². The van der Waals surface area contributed by atoms with Crippen LogP contribution < -0.4 is 10.0 Å². The fourth-order valence-electron chi connectivity index (χ4n) is 2.97. The number of rotatable bonds is 8. The molecule has 1 aliphatic heterocycles. The third-order valence-corrected chi connectivity index (χ3v) is 6.08. The Kier molecular flexibility index (Phi) is 8.15. The van der Waals surface area contributed by atoms with Crippen LogP contribution in [0.5, 0.6) is 0 Å². The second kappa shape index (κ2) is 10.4. The summed E-state index contributed by atoms with van der Waals surface area (Å²) in [5.41, 5.74) is 0.428. The van der Waals surface area contributed by atoms with Crippen LogP contribution in [0.4, 0.5) is 4.79 Å². The Bertz CT molecular complexity index is 830. The lowest BCUT2D eigenvalue weighted by molar-refractivity contribution is -0.121. The van der Waals surface area contributed by atoms with E-state index in [2.05, 4.69) is 10.0 Å². The van der Waals surface area contributed by atoms with Crippen molar-refractivity contribution in [3.63, 3.8) is 0 Å². The molecule has 9 nitrogen and oxygen atoms in total. The summed E-state index contributed by atoms with van der Waals surface area (Å²) in [6.07, 6.45) is 0.906. The molecule has 0 unspecified atom stereocenters. The normalized spacial score (nSPS) is 15.0. The summed E-state index contributed by atoms with van der Waals surface area (Å²) in [6.45, 7) is 4.46. The van der Waals surface area contributed by atoms with Crippen molar-refractivity contribution in [3.05, 3.63) is 29.8 Å². The zero-order valence-corrected chi connectivity index (χ0v) is 17.5. The van der Waals surface area contributed by atoms with Gasteiger partial charge in [-0.15, -0.1) is 0 Å². The highest BCUT2D eigenvalue weighted by atomic mass is 32.2. The van der Waals surface area contributed by atoms with E-state index in [9.17, 15) is 22.8 Å². The van der Waals surface area contributed by atoms with Crippen molar-refractivity contribution in [2.24, 2.45) is 0 Å². The van der Waals surface area contributed by atoms with E-state index in [1.807, 2.05) is 0 Å². The Labute approximate surface area is 170 Å². The van der Waals surface area contributed by atoms with Gasteiger partial charge in [0.05, 0.1) is 11.5 Å². The fourth-order valence-corrected chi connectivity index (χ4v) is 4.00. The van der Waals surface area contributed by atoms with E-state index < -0.39 is 10.0 Å². The van der Waals surface area contributed by atoms with Crippen LogP contribution in [0.15, 0.2) is 29.2 Å². The number of carbonyl (C=O) groups is 3. The van der Waals surface area contributed by atoms with Gasteiger partial charge in [-0.2, -0.15) is 0 Å². The van der Waals surface area contributed by atoms with Gasteiger partial charge in [-0.1, -0.05) is 12.1 Å². The van der Waals surface area contributed by atoms with Gasteiger partial charge in [-0.05, 0) is 38.8 Å². The first-order chi connectivity index (χ1) is 13.7. The van der Waals surface area contributed by atoms with E-state index in [-0.39, 0.29) is 41.7 Å². The Morgan fingerprint density at radius 3 is 2.31 bits per heavy atom. The molecule has 0 radical (unpaired) electrons. The van der Waals surface area contributed by atoms with Crippen molar-refractivity contribution >= 4 is 27.8 Å². The van der Waals surface area contributed by atoms with Crippen molar-refractivity contribution < 1.29 is 27.5 Å². The van der Waals surface area contributed by atoms with Gasteiger partial charge in [0.25, 0.3) is 0 Å². The minimum Gasteiger partial charge on any atom is -0.450 e. The van der Waals surface area contributed by atoms with Crippen molar-refractivity contribution in [3.8, 4) is 0 Å². The van der Waals surface area contributed by atoms with Crippen LogP contribution >= 0.6 is 0 Å². The summed E-state index contributed by atoms with van der Waals surface area (Å²) in [4.78, 5) is 36.7. The molecule has 1 aromatic rings. The number of hydrogen-bond acceptors (Lipinski definition) is 6. The summed E-state index contributed by atoms with van der Waals surface area (Å²) in [7, 11) is -3.75. The van der Waals surface area contributed by atoms with Gasteiger partial charge in [-0.3, -0.25) is 9.59 Å². The maximum atomic E-state index is 12.3. The van der Waals surface area contributed by atoms with E-state index in [0.717, 1.165) is 0 Å². The summed E-state index contributed by atoms with van der Waals surface area (Å²) in [5.74, 6) is -0.402. The summed E-state index contributed by atoms with van der Waals surface area (Å²) >= 11 is 0. The smallest absolute Gasteiger partial charge is 0.409 e. The molecule has 2 N–H and O–H groups in total. The molecule has 0 aliphatic carbocycles. The fraction of sp³-hybridized carbons (Fsp3) is 0.526. The molecular weight excluding hydrogens is 398 g/mol. The van der Waals surface area contributed by atoms with E-state index in [4.69, 9.17) is 4.74 Å². The second-order valence-corrected chi connectivity index (χ2v) is 8.52. The highest BCUT2D eigenvalue weighted by Crippen LogP contribution is 2.12. The maximum Gasteiger partial charge on any atom is 0.409 e. The lowest BCUT2D eigenvalue weighted by atomic mass is 10.1. The number of nitrogens with zero attached hydrogens (tertiary/aromatic N) is 1. The molecule has 0 aromatic heterocycles. The first kappa shape index (κ1) is 22.8. The lowest BCUT2D eigenvalue weighted by Gasteiger charge is -2.31. The number of amides is 2. The minimum atomic E-state index is -3.75. The number of benzene rings is 1. The standard InChI is InChI=1S/C19H27N3O6S/c1-3-28-19(25)22-12-9-16(10-13-22)21-18(24)8-11-20-29(26,27)17-6-4-15(5-7-17)14(2)23/h4-7,16,20H,3,8-13H2,1-2H3,(H,21,24). The number of likely N-dealkylation sites (tertiary alicyclic amines) is 1. The van der Waals surface area contributed by atoms with E-state index in [1.54, 1.807) is 11.8 Å². The number of Topliss-reactive ketones (excluding diaryl/α,β-unsaturated/α-hetero) is 1. The Balaban J connectivity index is 1.74. The summed E-state index contributed by atoms with van der Waals surface area (Å²) in [5, 5.41) is 2.87. The zero-order chi connectivity index (χ0) is 21.4. The molecule has 10 heteroatoms. The van der Waals surface area contributed by atoms with Gasteiger partial charge < -0.3 is 15.0 Å². The van der Waals surface area contributed by atoms with Crippen LogP contribution in [0.25, 0.3) is 0 Å². The first-order valence-corrected chi connectivity index (χ1v) is 11.0. The van der Waals surface area contributed by atoms with Gasteiger partial charge in [0.1, 0.15) is 0 Å². The van der Waals surface area contributed by atoms with E-state index >= 15 is 0 Å². The van der Waals surface area contributed by atoms with Crippen LogP contribution in [-0.4, -0.2) is 63.4 Å². The Hall–Kier alpha value is -2.46. The highest BCUT2D eigenvalue weighted by Gasteiger charge is 2.24. The number of hydrogen-bond donors (Lipinski definition) is 2. The monoisotopic (exact) mass is 425 g/mol. The van der Waals surface area contributed by atoms with Crippen LogP contribution in [-0.2, 0) is 19.6 Å². The first-order valence-electron chi connectivity index (χ1n) is 9.54. The van der Waals surface area contributed by atoms with Crippen LogP contribution in [0.3, 0.4) is 0 Å². The predicted molar refractivity (Wildman–Crippen MR) is 106 cm³/mol. The average Bonchev–Trinajstić information content (AvgIpc) is 2.68. The van der Waals surface area contributed by atoms with Crippen molar-refractivity contribution in [2.45, 2.75) is 44.0 Å². The molecular formula is C19H27N3O6S. The van der Waals surface area contributed by atoms with E-state index in [1.165, 1.54) is 31.2 Å². The predicted octanol–water partition coefficient (Wildman–Crippen LogP) is 1.29. The number of ether oxygens (including phenoxy) is 1. The molecule has 0 spiro atoms. The molecule has 0 saturated carbocycles. The van der Waals surface area contributed by atoms with Gasteiger partial charge >= 0.3 is 6.09 Å². The quantitative estimate of drug-likeness (QED) is 0.606. The lowest BCUT2D eigenvalue weighted by Crippen LogP contribution is -2.47. The largest absolute Gasteiger partial charge is 0.450 e. The second-order valence-electron chi connectivity index (χ2n) is 6.76. The number of nitrogens with one attached hydrogen (secondary N) is 2. The number of carbonyl (C=O) groups excluding carboxylic acids is 3. The van der Waals surface area contributed by atoms with Crippen LogP contribution in [0.1, 0.15) is 43.5 Å². The number of ketones is 1. The SMILES string of the molecule is CCOC(=O)N1CCC(NC(=O)CCNS(=O)(=O)c2ccc(C(C)=O)cc2)CC1. The van der Waals surface area contributed by atoms with Crippen LogP contribution in [0, 0.1) is 0 Å². The summed E-state index contributed by atoms with van der Waals surface area (Å²) < 4.78 is 31.9. The van der Waals surface area contributed by atoms with E-state index in [0.29, 0.717) is 38.1 Å². The zero-order valence-electron chi connectivity index (χ0n) is 16.6. The number of piperidine rings is 1. The highest BCUT2D eigenvalue weighted by molar-refractivity contribution is 7.89. The van der Waals surface area contributed by atoms with Crippen molar-refractivity contribution in [1.29, 1.82) is 0 Å². The molecule has 29 heavy (non-hydrogen) atoms.